The number of hydrogen-bond donors (Lipinski definition) is 2. The molecule has 0 aliphatic heterocycles. The Morgan fingerprint density at radius 1 is 1.56 bits per heavy atom. The highest BCUT2D eigenvalue weighted by Crippen LogP contribution is 2.22. The summed E-state index contributed by atoms with van der Waals surface area (Å²) in [4.78, 5) is -0.0899. The van der Waals surface area contributed by atoms with Crippen molar-refractivity contribution >= 4 is 21.6 Å². The molecule has 98 valence electrons. The maximum absolute atomic E-state index is 12.0. The summed E-state index contributed by atoms with van der Waals surface area (Å²) in [6, 6.07) is 5.88. The minimum absolute atomic E-state index is 0.0855. The first kappa shape index (κ1) is 14.9. The Morgan fingerprint density at radius 3 is 2.78 bits per heavy atom. The van der Waals surface area contributed by atoms with Gasteiger partial charge in [0, 0.05) is 12.6 Å². The van der Waals surface area contributed by atoms with E-state index in [9.17, 15) is 8.42 Å². The molecule has 0 aromatic heterocycles. The maximum atomic E-state index is 12.0. The second-order valence-electron chi connectivity index (χ2n) is 3.92. The number of rotatable bonds is 5. The molecule has 3 N–H and O–H groups in total. The summed E-state index contributed by atoms with van der Waals surface area (Å²) in [6.07, 6.45) is 0.523. The monoisotopic (exact) mass is 287 g/mol. The molecule has 0 saturated carbocycles. The molecule has 0 heterocycles. The van der Waals surface area contributed by atoms with Crippen LogP contribution in [0.5, 0.6) is 0 Å². The molecule has 1 aromatic rings. The van der Waals surface area contributed by atoms with Crippen LogP contribution >= 0.6 is 11.6 Å². The molecule has 0 spiro atoms. The van der Waals surface area contributed by atoms with Crippen LogP contribution in [-0.4, -0.2) is 21.0 Å². The summed E-state index contributed by atoms with van der Waals surface area (Å²) < 4.78 is 26.3. The highest BCUT2D eigenvalue weighted by atomic mass is 35.5. The summed E-state index contributed by atoms with van der Waals surface area (Å²) in [7, 11) is -3.71. The van der Waals surface area contributed by atoms with Crippen LogP contribution in [0.4, 0.5) is 0 Å². The van der Waals surface area contributed by atoms with Crippen molar-refractivity contribution in [2.75, 3.05) is 6.54 Å². The SMILES string of the molecule is CC(N)CCNS(=O)(=O)c1cc(C#N)ccc1Cl. The summed E-state index contributed by atoms with van der Waals surface area (Å²) in [5.74, 6) is 0. The predicted octanol–water partition coefficient (Wildman–Crippen LogP) is 1.23. The molecule has 0 amide bonds. The van der Waals surface area contributed by atoms with Gasteiger partial charge in [0.25, 0.3) is 0 Å². The molecular weight excluding hydrogens is 274 g/mol. The third kappa shape index (κ3) is 3.96. The number of benzene rings is 1. The summed E-state index contributed by atoms with van der Waals surface area (Å²) in [5, 5.41) is 8.83. The molecule has 1 unspecified atom stereocenters. The van der Waals surface area contributed by atoms with Gasteiger partial charge in [-0.15, -0.1) is 0 Å². The van der Waals surface area contributed by atoms with Crippen LogP contribution in [0.1, 0.15) is 18.9 Å². The maximum Gasteiger partial charge on any atom is 0.242 e. The first-order valence-electron chi connectivity index (χ1n) is 5.31. The van der Waals surface area contributed by atoms with Crippen LogP contribution < -0.4 is 10.5 Å². The third-order valence-corrected chi connectivity index (χ3v) is 4.18. The molecule has 1 aromatic carbocycles. The first-order chi connectivity index (χ1) is 8.36. The standard InChI is InChI=1S/C11H14ClN3O2S/c1-8(14)4-5-15-18(16,17)11-6-9(7-13)2-3-10(11)12/h2-3,6,8,15H,4-5,14H2,1H3. The fraction of sp³-hybridized carbons (Fsp3) is 0.364. The van der Waals surface area contributed by atoms with E-state index in [1.807, 2.05) is 6.07 Å². The van der Waals surface area contributed by atoms with Gasteiger partial charge in [0.2, 0.25) is 10.0 Å². The number of nitrogens with two attached hydrogens (primary N) is 1. The minimum Gasteiger partial charge on any atom is -0.328 e. The Balaban J connectivity index is 2.95. The zero-order chi connectivity index (χ0) is 13.8. The van der Waals surface area contributed by atoms with Crippen LogP contribution in [0.25, 0.3) is 0 Å². The normalized spacial score (nSPS) is 13.0. The number of hydrogen-bond acceptors (Lipinski definition) is 4. The van der Waals surface area contributed by atoms with Gasteiger partial charge in [-0.25, -0.2) is 13.1 Å². The lowest BCUT2D eigenvalue weighted by atomic mass is 10.2. The van der Waals surface area contributed by atoms with E-state index in [-0.39, 0.29) is 28.1 Å². The highest BCUT2D eigenvalue weighted by molar-refractivity contribution is 7.89. The molecule has 0 fully saturated rings. The lowest BCUT2D eigenvalue weighted by molar-refractivity contribution is 0.572. The van der Waals surface area contributed by atoms with Gasteiger partial charge in [-0.3, -0.25) is 0 Å². The lowest BCUT2D eigenvalue weighted by Crippen LogP contribution is -2.29. The number of nitrogens with one attached hydrogen (secondary N) is 1. The van der Waals surface area contributed by atoms with E-state index in [0.717, 1.165) is 0 Å². The summed E-state index contributed by atoms with van der Waals surface area (Å²) in [5.41, 5.74) is 5.77. The Labute approximate surface area is 112 Å². The van der Waals surface area contributed by atoms with Gasteiger partial charge in [0.05, 0.1) is 16.7 Å². The van der Waals surface area contributed by atoms with Crippen molar-refractivity contribution in [3.8, 4) is 6.07 Å². The zero-order valence-electron chi connectivity index (χ0n) is 9.85. The number of nitriles is 1. The van der Waals surface area contributed by atoms with Crippen molar-refractivity contribution in [2.45, 2.75) is 24.3 Å². The highest BCUT2D eigenvalue weighted by Gasteiger charge is 2.18. The molecule has 18 heavy (non-hydrogen) atoms. The Morgan fingerprint density at radius 2 is 2.22 bits per heavy atom. The fourth-order valence-electron chi connectivity index (χ4n) is 1.28. The van der Waals surface area contributed by atoms with Crippen molar-refractivity contribution in [1.82, 2.24) is 4.72 Å². The Hall–Kier alpha value is -1.13. The van der Waals surface area contributed by atoms with Gasteiger partial charge >= 0.3 is 0 Å². The fourth-order valence-corrected chi connectivity index (χ4v) is 2.85. The molecule has 1 atom stereocenters. The summed E-state index contributed by atoms with van der Waals surface area (Å²) in [6.45, 7) is 2.02. The van der Waals surface area contributed by atoms with Crippen LogP contribution in [-0.2, 0) is 10.0 Å². The minimum atomic E-state index is -3.71. The smallest absolute Gasteiger partial charge is 0.242 e. The van der Waals surface area contributed by atoms with Gasteiger partial charge in [-0.05, 0) is 31.5 Å². The van der Waals surface area contributed by atoms with E-state index >= 15 is 0 Å². The van der Waals surface area contributed by atoms with Crippen LogP contribution in [0.3, 0.4) is 0 Å². The molecule has 0 radical (unpaired) electrons. The average Bonchev–Trinajstić information content (AvgIpc) is 2.28. The predicted molar refractivity (Wildman–Crippen MR) is 69.6 cm³/mol. The molecule has 5 nitrogen and oxygen atoms in total. The van der Waals surface area contributed by atoms with Crippen molar-refractivity contribution in [1.29, 1.82) is 5.26 Å². The van der Waals surface area contributed by atoms with E-state index in [2.05, 4.69) is 4.72 Å². The Kier molecular flexibility index (Phi) is 5.11. The molecule has 0 saturated heterocycles. The van der Waals surface area contributed by atoms with Crippen molar-refractivity contribution in [2.24, 2.45) is 5.73 Å². The van der Waals surface area contributed by atoms with Crippen molar-refractivity contribution in [3.05, 3.63) is 28.8 Å². The van der Waals surface area contributed by atoms with Gasteiger partial charge in [0.15, 0.2) is 0 Å². The van der Waals surface area contributed by atoms with Gasteiger partial charge < -0.3 is 5.73 Å². The van der Waals surface area contributed by atoms with Crippen molar-refractivity contribution in [3.63, 3.8) is 0 Å². The molecule has 0 aliphatic rings. The first-order valence-corrected chi connectivity index (χ1v) is 7.18. The molecule has 0 bridgehead atoms. The van der Waals surface area contributed by atoms with Crippen LogP contribution in [0.15, 0.2) is 23.1 Å². The number of halogens is 1. The topological polar surface area (TPSA) is 96.0 Å². The molecular formula is C11H14ClN3O2S. The van der Waals surface area contributed by atoms with Crippen LogP contribution in [0.2, 0.25) is 5.02 Å². The summed E-state index contributed by atoms with van der Waals surface area (Å²) >= 11 is 5.83. The van der Waals surface area contributed by atoms with Gasteiger partial charge in [0.1, 0.15) is 4.90 Å². The third-order valence-electron chi connectivity index (χ3n) is 2.24. The molecule has 1 rings (SSSR count). The van der Waals surface area contributed by atoms with Crippen LogP contribution in [0, 0.1) is 11.3 Å². The van der Waals surface area contributed by atoms with E-state index in [1.54, 1.807) is 6.92 Å². The molecule has 0 aliphatic carbocycles. The zero-order valence-corrected chi connectivity index (χ0v) is 11.4. The van der Waals surface area contributed by atoms with Gasteiger partial charge in [-0.1, -0.05) is 11.6 Å². The quantitative estimate of drug-likeness (QED) is 0.851. The van der Waals surface area contributed by atoms with Crippen molar-refractivity contribution < 1.29 is 8.42 Å². The number of sulfonamides is 1. The van der Waals surface area contributed by atoms with E-state index < -0.39 is 10.0 Å². The second-order valence-corrected chi connectivity index (χ2v) is 6.06. The largest absolute Gasteiger partial charge is 0.328 e. The van der Waals surface area contributed by atoms with E-state index in [1.165, 1.54) is 18.2 Å². The average molecular weight is 288 g/mol. The number of nitrogens with zero attached hydrogens (tertiary/aromatic N) is 1. The second kappa shape index (κ2) is 6.16. The van der Waals surface area contributed by atoms with E-state index in [0.29, 0.717) is 6.42 Å². The molecule has 7 heteroatoms. The van der Waals surface area contributed by atoms with E-state index in [4.69, 9.17) is 22.6 Å². The lowest BCUT2D eigenvalue weighted by Gasteiger charge is -2.09. The Bertz CT molecular complexity index is 564. The van der Waals surface area contributed by atoms with Gasteiger partial charge in [-0.2, -0.15) is 5.26 Å².